The standard InChI is InChI=1S/C13H13BrF2N2/c1-8(2)12-3-4-18(17-12)13-10(15)5-9(7-14)6-11(13)16/h3-6,8H,7H2,1-2H3. The third-order valence-electron chi connectivity index (χ3n) is 2.66. The predicted octanol–water partition coefficient (Wildman–Crippen LogP) is 4.17. The van der Waals surface area contributed by atoms with E-state index in [1.807, 2.05) is 13.8 Å². The first-order valence-electron chi connectivity index (χ1n) is 5.62. The Labute approximate surface area is 113 Å². The molecule has 2 rings (SSSR count). The maximum Gasteiger partial charge on any atom is 0.152 e. The molecule has 1 heterocycles. The third-order valence-corrected chi connectivity index (χ3v) is 3.31. The summed E-state index contributed by atoms with van der Waals surface area (Å²) < 4.78 is 29.0. The highest BCUT2D eigenvalue weighted by Crippen LogP contribution is 2.22. The van der Waals surface area contributed by atoms with E-state index >= 15 is 0 Å². The molecule has 0 radical (unpaired) electrons. The number of nitrogens with zero attached hydrogens (tertiary/aromatic N) is 2. The Bertz CT molecular complexity index is 541. The number of benzene rings is 1. The van der Waals surface area contributed by atoms with Gasteiger partial charge in [-0.15, -0.1) is 0 Å². The summed E-state index contributed by atoms with van der Waals surface area (Å²) in [5.41, 5.74) is 1.23. The summed E-state index contributed by atoms with van der Waals surface area (Å²) in [7, 11) is 0. The minimum atomic E-state index is -0.608. The largest absolute Gasteiger partial charge is 0.235 e. The third kappa shape index (κ3) is 2.46. The van der Waals surface area contributed by atoms with Gasteiger partial charge >= 0.3 is 0 Å². The van der Waals surface area contributed by atoms with Gasteiger partial charge in [0.2, 0.25) is 0 Å². The van der Waals surface area contributed by atoms with Crippen molar-refractivity contribution >= 4 is 15.9 Å². The first kappa shape index (κ1) is 13.2. The molecule has 0 bridgehead atoms. The second kappa shape index (κ2) is 5.18. The molecule has 0 fully saturated rings. The molecule has 18 heavy (non-hydrogen) atoms. The fraction of sp³-hybridized carbons (Fsp3) is 0.308. The summed E-state index contributed by atoms with van der Waals surface area (Å²) in [6.07, 6.45) is 1.57. The van der Waals surface area contributed by atoms with Gasteiger partial charge in [0.05, 0.1) is 5.69 Å². The Kier molecular flexibility index (Phi) is 3.80. The molecule has 2 aromatic rings. The summed E-state index contributed by atoms with van der Waals surface area (Å²) in [6.45, 7) is 3.96. The Morgan fingerprint density at radius 3 is 2.33 bits per heavy atom. The molecule has 0 saturated carbocycles. The lowest BCUT2D eigenvalue weighted by Crippen LogP contribution is -2.04. The molecular formula is C13H13BrF2N2. The number of hydrogen-bond acceptors (Lipinski definition) is 1. The minimum Gasteiger partial charge on any atom is -0.235 e. The number of alkyl halides is 1. The molecule has 96 valence electrons. The summed E-state index contributed by atoms with van der Waals surface area (Å²) in [5.74, 6) is -0.995. The van der Waals surface area contributed by atoms with E-state index in [1.165, 1.54) is 16.8 Å². The lowest BCUT2D eigenvalue weighted by atomic mass is 10.1. The molecule has 0 spiro atoms. The lowest BCUT2D eigenvalue weighted by molar-refractivity contribution is 0.556. The van der Waals surface area contributed by atoms with Crippen molar-refractivity contribution in [2.24, 2.45) is 0 Å². The van der Waals surface area contributed by atoms with E-state index in [2.05, 4.69) is 21.0 Å². The van der Waals surface area contributed by atoms with Crippen LogP contribution in [0.3, 0.4) is 0 Å². The average molecular weight is 315 g/mol. The van der Waals surface area contributed by atoms with Gasteiger partial charge in [0.25, 0.3) is 0 Å². The molecule has 0 unspecified atom stereocenters. The molecule has 0 N–H and O–H groups in total. The molecule has 1 aromatic carbocycles. The highest BCUT2D eigenvalue weighted by molar-refractivity contribution is 9.08. The summed E-state index contributed by atoms with van der Waals surface area (Å²) in [6, 6.07) is 4.38. The van der Waals surface area contributed by atoms with Crippen LogP contribution in [0.25, 0.3) is 5.69 Å². The molecule has 0 atom stereocenters. The van der Waals surface area contributed by atoms with E-state index in [0.717, 1.165) is 5.69 Å². The molecule has 0 aliphatic rings. The topological polar surface area (TPSA) is 17.8 Å². The van der Waals surface area contributed by atoms with Gasteiger partial charge in [-0.3, -0.25) is 0 Å². The van der Waals surface area contributed by atoms with Crippen LogP contribution in [-0.2, 0) is 5.33 Å². The first-order chi connectivity index (χ1) is 8.52. The zero-order valence-corrected chi connectivity index (χ0v) is 11.7. The van der Waals surface area contributed by atoms with Gasteiger partial charge in [-0.1, -0.05) is 29.8 Å². The van der Waals surface area contributed by atoms with E-state index in [0.29, 0.717) is 10.9 Å². The van der Waals surface area contributed by atoms with Gasteiger partial charge in [0, 0.05) is 11.5 Å². The van der Waals surface area contributed by atoms with E-state index in [-0.39, 0.29) is 11.6 Å². The Morgan fingerprint density at radius 1 is 1.28 bits per heavy atom. The fourth-order valence-electron chi connectivity index (χ4n) is 1.68. The molecule has 5 heteroatoms. The van der Waals surface area contributed by atoms with Crippen LogP contribution in [0, 0.1) is 11.6 Å². The Hall–Kier alpha value is -1.23. The molecule has 2 nitrogen and oxygen atoms in total. The molecule has 0 amide bonds. The smallest absolute Gasteiger partial charge is 0.152 e. The van der Waals surface area contributed by atoms with Gasteiger partial charge in [0.15, 0.2) is 11.6 Å². The highest BCUT2D eigenvalue weighted by atomic mass is 79.9. The van der Waals surface area contributed by atoms with Gasteiger partial charge in [-0.25, -0.2) is 13.5 Å². The molecule has 0 aliphatic carbocycles. The summed E-state index contributed by atoms with van der Waals surface area (Å²) in [5, 5.41) is 4.60. The van der Waals surface area contributed by atoms with E-state index in [1.54, 1.807) is 12.3 Å². The second-order valence-corrected chi connectivity index (χ2v) is 4.94. The number of halogens is 3. The van der Waals surface area contributed by atoms with Crippen molar-refractivity contribution in [1.82, 2.24) is 9.78 Å². The van der Waals surface area contributed by atoms with Crippen molar-refractivity contribution in [3.8, 4) is 5.69 Å². The van der Waals surface area contributed by atoms with Crippen LogP contribution >= 0.6 is 15.9 Å². The number of rotatable bonds is 3. The second-order valence-electron chi connectivity index (χ2n) is 4.38. The molecular weight excluding hydrogens is 302 g/mol. The zero-order valence-electron chi connectivity index (χ0n) is 10.1. The fourth-order valence-corrected chi connectivity index (χ4v) is 2.01. The monoisotopic (exact) mass is 314 g/mol. The van der Waals surface area contributed by atoms with Crippen molar-refractivity contribution in [2.75, 3.05) is 0 Å². The number of aromatic nitrogens is 2. The quantitative estimate of drug-likeness (QED) is 0.777. The molecule has 1 aromatic heterocycles. The summed E-state index contributed by atoms with van der Waals surface area (Å²) >= 11 is 3.17. The van der Waals surface area contributed by atoms with Crippen LogP contribution in [0.4, 0.5) is 8.78 Å². The minimum absolute atomic E-state index is 0.133. The van der Waals surface area contributed by atoms with Crippen LogP contribution in [0.5, 0.6) is 0 Å². The highest BCUT2D eigenvalue weighted by Gasteiger charge is 2.14. The summed E-state index contributed by atoms with van der Waals surface area (Å²) in [4.78, 5) is 0. The number of hydrogen-bond donors (Lipinski definition) is 0. The van der Waals surface area contributed by atoms with Crippen LogP contribution in [0.2, 0.25) is 0 Å². The van der Waals surface area contributed by atoms with E-state index in [9.17, 15) is 8.78 Å². The zero-order chi connectivity index (χ0) is 13.3. The van der Waals surface area contributed by atoms with Crippen molar-refractivity contribution in [1.29, 1.82) is 0 Å². The molecule has 0 saturated heterocycles. The van der Waals surface area contributed by atoms with E-state index in [4.69, 9.17) is 0 Å². The van der Waals surface area contributed by atoms with E-state index < -0.39 is 11.6 Å². The average Bonchev–Trinajstić information content (AvgIpc) is 2.77. The van der Waals surface area contributed by atoms with Crippen molar-refractivity contribution in [2.45, 2.75) is 25.1 Å². The van der Waals surface area contributed by atoms with Crippen LogP contribution in [0.1, 0.15) is 31.0 Å². The van der Waals surface area contributed by atoms with Crippen LogP contribution in [-0.4, -0.2) is 9.78 Å². The van der Waals surface area contributed by atoms with Gasteiger partial charge < -0.3 is 0 Å². The van der Waals surface area contributed by atoms with Crippen molar-refractivity contribution in [3.63, 3.8) is 0 Å². The maximum absolute atomic E-state index is 13.9. The normalized spacial score (nSPS) is 11.2. The van der Waals surface area contributed by atoms with Gasteiger partial charge in [-0.05, 0) is 29.7 Å². The van der Waals surface area contributed by atoms with Crippen LogP contribution in [0.15, 0.2) is 24.4 Å². The first-order valence-corrected chi connectivity index (χ1v) is 6.75. The Morgan fingerprint density at radius 2 is 1.89 bits per heavy atom. The SMILES string of the molecule is CC(C)c1ccn(-c2c(F)cc(CBr)cc2F)n1. The van der Waals surface area contributed by atoms with Crippen LogP contribution < -0.4 is 0 Å². The van der Waals surface area contributed by atoms with Crippen molar-refractivity contribution in [3.05, 3.63) is 47.3 Å². The maximum atomic E-state index is 13.9. The van der Waals surface area contributed by atoms with Gasteiger partial charge in [-0.2, -0.15) is 5.10 Å². The molecule has 0 aliphatic heterocycles. The predicted molar refractivity (Wildman–Crippen MR) is 70.2 cm³/mol. The van der Waals surface area contributed by atoms with Crippen molar-refractivity contribution < 1.29 is 8.78 Å². The Balaban J connectivity index is 2.49. The lowest BCUT2D eigenvalue weighted by Gasteiger charge is -2.07. The van der Waals surface area contributed by atoms with Gasteiger partial charge in [0.1, 0.15) is 5.69 Å².